The second kappa shape index (κ2) is 5.73. The molecule has 0 aliphatic carbocycles. The van der Waals surface area contributed by atoms with Crippen molar-refractivity contribution in [1.29, 1.82) is 0 Å². The lowest BCUT2D eigenvalue weighted by Crippen LogP contribution is -2.36. The Balaban J connectivity index is 4.22. The van der Waals surface area contributed by atoms with Crippen molar-refractivity contribution in [2.24, 2.45) is 11.8 Å². The van der Waals surface area contributed by atoms with Crippen molar-refractivity contribution in [1.82, 2.24) is 5.32 Å². The molecule has 2 atom stereocenters. The summed E-state index contributed by atoms with van der Waals surface area (Å²) in [5.41, 5.74) is 0. The van der Waals surface area contributed by atoms with Crippen molar-refractivity contribution in [3.63, 3.8) is 0 Å². The highest BCUT2D eigenvalue weighted by molar-refractivity contribution is 5.95. The molecule has 0 unspecified atom stereocenters. The van der Waals surface area contributed by atoms with Crippen molar-refractivity contribution < 1.29 is 9.59 Å². The molecular formula is C10H19NO2. The van der Waals surface area contributed by atoms with Gasteiger partial charge >= 0.3 is 0 Å². The Morgan fingerprint density at radius 2 is 1.77 bits per heavy atom. The van der Waals surface area contributed by atoms with E-state index in [0.717, 1.165) is 12.8 Å². The second-order valence-corrected chi connectivity index (χ2v) is 3.45. The summed E-state index contributed by atoms with van der Waals surface area (Å²) in [4.78, 5) is 22.1. The first-order valence-electron chi connectivity index (χ1n) is 4.84. The monoisotopic (exact) mass is 185 g/mol. The molecule has 0 aliphatic heterocycles. The highest BCUT2D eigenvalue weighted by Crippen LogP contribution is 2.18. The van der Waals surface area contributed by atoms with Crippen LogP contribution in [0.4, 0.5) is 0 Å². The third kappa shape index (κ3) is 4.06. The molecule has 0 saturated heterocycles. The molecule has 0 aromatic rings. The van der Waals surface area contributed by atoms with Crippen molar-refractivity contribution in [3.05, 3.63) is 0 Å². The number of rotatable bonds is 4. The maximum Gasteiger partial charge on any atom is 0.229 e. The molecule has 3 heteroatoms. The van der Waals surface area contributed by atoms with Crippen LogP contribution in [-0.2, 0) is 9.59 Å². The summed E-state index contributed by atoms with van der Waals surface area (Å²) >= 11 is 0. The van der Waals surface area contributed by atoms with E-state index in [1.165, 1.54) is 6.92 Å². The van der Waals surface area contributed by atoms with E-state index in [-0.39, 0.29) is 17.7 Å². The minimum absolute atomic E-state index is 0.0334. The summed E-state index contributed by atoms with van der Waals surface area (Å²) in [7, 11) is 0. The van der Waals surface area contributed by atoms with Crippen LogP contribution < -0.4 is 5.32 Å². The summed E-state index contributed by atoms with van der Waals surface area (Å²) in [6, 6.07) is 0. The lowest BCUT2D eigenvalue weighted by molar-refractivity contribution is -0.132. The highest BCUT2D eigenvalue weighted by Gasteiger charge is 2.22. The average molecular weight is 185 g/mol. The standard InChI is InChI=1S/C10H19NO2/c1-5-7(3)9(6-2)10(13)11-8(4)12/h7,9H,5-6H2,1-4H3,(H,11,12,13)/t7-,9-/m1/s1. The molecule has 0 saturated carbocycles. The topological polar surface area (TPSA) is 46.2 Å². The van der Waals surface area contributed by atoms with Crippen LogP contribution in [0.2, 0.25) is 0 Å². The quantitative estimate of drug-likeness (QED) is 0.725. The Hall–Kier alpha value is -0.860. The molecule has 0 aromatic carbocycles. The van der Waals surface area contributed by atoms with Gasteiger partial charge in [-0.05, 0) is 12.3 Å². The zero-order valence-electron chi connectivity index (χ0n) is 8.89. The van der Waals surface area contributed by atoms with Crippen molar-refractivity contribution in [2.45, 2.75) is 40.5 Å². The van der Waals surface area contributed by atoms with E-state index < -0.39 is 0 Å². The predicted molar refractivity (Wildman–Crippen MR) is 52.1 cm³/mol. The normalized spacial score (nSPS) is 14.8. The molecule has 0 aromatic heterocycles. The number of carbonyl (C=O) groups is 2. The first-order valence-corrected chi connectivity index (χ1v) is 4.84. The fourth-order valence-electron chi connectivity index (χ4n) is 1.40. The van der Waals surface area contributed by atoms with Gasteiger partial charge in [-0.25, -0.2) is 0 Å². The van der Waals surface area contributed by atoms with Gasteiger partial charge in [0.05, 0.1) is 0 Å². The van der Waals surface area contributed by atoms with Crippen molar-refractivity contribution >= 4 is 11.8 Å². The van der Waals surface area contributed by atoms with Gasteiger partial charge in [0, 0.05) is 12.8 Å². The second-order valence-electron chi connectivity index (χ2n) is 3.45. The molecule has 76 valence electrons. The SMILES string of the molecule is CC[C@@H](C)[C@@H](CC)C(=O)NC(C)=O. The minimum Gasteiger partial charge on any atom is -0.296 e. The number of nitrogens with one attached hydrogen (secondary N) is 1. The fourth-order valence-corrected chi connectivity index (χ4v) is 1.40. The van der Waals surface area contributed by atoms with Gasteiger partial charge < -0.3 is 0 Å². The summed E-state index contributed by atoms with van der Waals surface area (Å²) in [5, 5.41) is 2.33. The summed E-state index contributed by atoms with van der Waals surface area (Å²) in [6.07, 6.45) is 1.75. The van der Waals surface area contributed by atoms with E-state index in [1.807, 2.05) is 20.8 Å². The Bertz CT molecular complexity index is 189. The van der Waals surface area contributed by atoms with E-state index in [4.69, 9.17) is 0 Å². The van der Waals surface area contributed by atoms with Crippen LogP contribution in [0.3, 0.4) is 0 Å². The van der Waals surface area contributed by atoms with Gasteiger partial charge in [0.15, 0.2) is 0 Å². The third-order valence-corrected chi connectivity index (χ3v) is 2.41. The summed E-state index contributed by atoms with van der Waals surface area (Å²) < 4.78 is 0. The van der Waals surface area contributed by atoms with Crippen molar-refractivity contribution in [3.8, 4) is 0 Å². The van der Waals surface area contributed by atoms with Crippen molar-refractivity contribution in [2.75, 3.05) is 0 Å². The zero-order chi connectivity index (χ0) is 10.4. The molecule has 2 amide bonds. The number of hydrogen-bond acceptors (Lipinski definition) is 2. The van der Waals surface area contributed by atoms with Gasteiger partial charge in [-0.15, -0.1) is 0 Å². The number of carbonyl (C=O) groups excluding carboxylic acids is 2. The molecule has 0 radical (unpaired) electrons. The smallest absolute Gasteiger partial charge is 0.229 e. The number of hydrogen-bond donors (Lipinski definition) is 1. The summed E-state index contributed by atoms with van der Waals surface area (Å²) in [6.45, 7) is 7.42. The average Bonchev–Trinajstić information content (AvgIpc) is 2.03. The maximum atomic E-state index is 11.5. The summed E-state index contributed by atoms with van der Waals surface area (Å²) in [5.74, 6) is -0.102. The largest absolute Gasteiger partial charge is 0.296 e. The van der Waals surface area contributed by atoms with Gasteiger partial charge in [0.1, 0.15) is 0 Å². The van der Waals surface area contributed by atoms with E-state index >= 15 is 0 Å². The first kappa shape index (κ1) is 12.1. The van der Waals surface area contributed by atoms with Gasteiger partial charge in [-0.1, -0.05) is 27.2 Å². The fraction of sp³-hybridized carbons (Fsp3) is 0.800. The van der Waals surface area contributed by atoms with E-state index in [0.29, 0.717) is 5.92 Å². The predicted octanol–water partition coefficient (Wildman–Crippen LogP) is 1.72. The Kier molecular flexibility index (Phi) is 5.35. The van der Waals surface area contributed by atoms with Crippen LogP contribution in [-0.4, -0.2) is 11.8 Å². The molecule has 0 spiro atoms. The first-order chi connectivity index (χ1) is 6.02. The molecule has 0 heterocycles. The van der Waals surface area contributed by atoms with Crippen LogP contribution in [0, 0.1) is 11.8 Å². The van der Waals surface area contributed by atoms with E-state index in [2.05, 4.69) is 5.32 Å². The lowest BCUT2D eigenvalue weighted by Gasteiger charge is -2.19. The molecule has 3 nitrogen and oxygen atoms in total. The van der Waals surface area contributed by atoms with Crippen LogP contribution in [0.5, 0.6) is 0 Å². The van der Waals surface area contributed by atoms with E-state index in [9.17, 15) is 9.59 Å². The van der Waals surface area contributed by atoms with Crippen LogP contribution in [0.25, 0.3) is 0 Å². The highest BCUT2D eigenvalue weighted by atomic mass is 16.2. The molecule has 0 fully saturated rings. The number of amides is 2. The van der Waals surface area contributed by atoms with Gasteiger partial charge in [0.25, 0.3) is 0 Å². The Labute approximate surface area is 79.9 Å². The van der Waals surface area contributed by atoms with Gasteiger partial charge in [0.2, 0.25) is 11.8 Å². The van der Waals surface area contributed by atoms with E-state index in [1.54, 1.807) is 0 Å². The zero-order valence-corrected chi connectivity index (χ0v) is 8.89. The Morgan fingerprint density at radius 1 is 1.23 bits per heavy atom. The molecule has 13 heavy (non-hydrogen) atoms. The van der Waals surface area contributed by atoms with Crippen LogP contribution >= 0.6 is 0 Å². The van der Waals surface area contributed by atoms with Crippen LogP contribution in [0.15, 0.2) is 0 Å². The Morgan fingerprint density at radius 3 is 2.08 bits per heavy atom. The van der Waals surface area contributed by atoms with Crippen LogP contribution in [0.1, 0.15) is 40.5 Å². The third-order valence-electron chi connectivity index (χ3n) is 2.41. The molecule has 0 aliphatic rings. The molecule has 0 bridgehead atoms. The number of imide groups is 1. The molecule has 0 rings (SSSR count). The minimum atomic E-state index is -0.272. The molecule has 1 N–H and O–H groups in total. The maximum absolute atomic E-state index is 11.5. The van der Waals surface area contributed by atoms with Gasteiger partial charge in [-0.2, -0.15) is 0 Å². The molecular weight excluding hydrogens is 166 g/mol. The lowest BCUT2D eigenvalue weighted by atomic mass is 9.89. The van der Waals surface area contributed by atoms with Gasteiger partial charge in [-0.3, -0.25) is 14.9 Å².